The zero-order valence-electron chi connectivity index (χ0n) is 15.5. The van der Waals surface area contributed by atoms with Crippen molar-refractivity contribution in [1.29, 1.82) is 0 Å². The van der Waals surface area contributed by atoms with Gasteiger partial charge < -0.3 is 10.1 Å². The molecular formula is C17H23ClN2O6S. The van der Waals surface area contributed by atoms with Crippen molar-refractivity contribution >= 4 is 33.5 Å². The molecule has 0 aromatic heterocycles. The highest BCUT2D eigenvalue weighted by molar-refractivity contribution is 7.89. The standard InChI is InChI=1S/C17H23ClN2O6S/c1-20(26-3)27(23,24)14-11-12(7-8-13(14)18)15(21)19-17(16(22)25-2)9-5-4-6-10-17/h7-8,11H,4-6,9-10H2,1-3H3,(H,19,21). The number of ether oxygens (including phenoxy) is 1. The monoisotopic (exact) mass is 418 g/mol. The van der Waals surface area contributed by atoms with E-state index >= 15 is 0 Å². The Kier molecular flexibility index (Phi) is 6.85. The van der Waals surface area contributed by atoms with Crippen LogP contribution in [0.3, 0.4) is 0 Å². The predicted molar refractivity (Wildman–Crippen MR) is 98.7 cm³/mol. The third-order valence-corrected chi connectivity index (χ3v) is 6.86. The molecule has 150 valence electrons. The highest BCUT2D eigenvalue weighted by atomic mass is 35.5. The summed E-state index contributed by atoms with van der Waals surface area (Å²) in [5.41, 5.74) is -1.04. The summed E-state index contributed by atoms with van der Waals surface area (Å²) in [4.78, 5) is 29.5. The van der Waals surface area contributed by atoms with Gasteiger partial charge in [-0.15, -0.1) is 0 Å². The lowest BCUT2D eigenvalue weighted by atomic mass is 9.81. The first-order valence-electron chi connectivity index (χ1n) is 8.41. The average Bonchev–Trinajstić information content (AvgIpc) is 2.67. The van der Waals surface area contributed by atoms with Gasteiger partial charge in [0.2, 0.25) is 0 Å². The van der Waals surface area contributed by atoms with Gasteiger partial charge in [0.15, 0.2) is 0 Å². The minimum Gasteiger partial charge on any atom is -0.467 e. The Morgan fingerprint density at radius 1 is 1.19 bits per heavy atom. The van der Waals surface area contributed by atoms with E-state index in [0.717, 1.165) is 25.3 Å². The topological polar surface area (TPSA) is 102 Å². The average molecular weight is 419 g/mol. The SMILES string of the molecule is COC(=O)C1(NC(=O)c2ccc(Cl)c(S(=O)(=O)N(C)OC)c2)CCCCC1. The van der Waals surface area contributed by atoms with Crippen molar-refractivity contribution in [1.82, 2.24) is 9.79 Å². The lowest BCUT2D eigenvalue weighted by Gasteiger charge is -2.35. The van der Waals surface area contributed by atoms with Gasteiger partial charge in [-0.05, 0) is 31.0 Å². The predicted octanol–water partition coefficient (Wildman–Crippen LogP) is 2.13. The van der Waals surface area contributed by atoms with Gasteiger partial charge in [-0.2, -0.15) is 0 Å². The first-order chi connectivity index (χ1) is 12.7. The Labute approximate surface area is 163 Å². The zero-order chi connectivity index (χ0) is 20.2. The van der Waals surface area contributed by atoms with Crippen molar-refractivity contribution in [3.8, 4) is 0 Å². The molecule has 0 heterocycles. The summed E-state index contributed by atoms with van der Waals surface area (Å²) in [6.45, 7) is 0. The van der Waals surface area contributed by atoms with Crippen molar-refractivity contribution in [2.75, 3.05) is 21.3 Å². The van der Waals surface area contributed by atoms with E-state index in [1.165, 1.54) is 33.4 Å². The van der Waals surface area contributed by atoms with Crippen LogP contribution in [0.4, 0.5) is 0 Å². The van der Waals surface area contributed by atoms with Gasteiger partial charge in [0.05, 0.1) is 19.2 Å². The Balaban J connectivity index is 2.36. The van der Waals surface area contributed by atoms with Crippen LogP contribution in [0.5, 0.6) is 0 Å². The molecule has 27 heavy (non-hydrogen) atoms. The fourth-order valence-corrected chi connectivity index (χ4v) is 4.57. The molecule has 0 unspecified atom stereocenters. The van der Waals surface area contributed by atoms with Crippen molar-refractivity contribution in [2.24, 2.45) is 0 Å². The molecule has 1 aliphatic carbocycles. The number of benzene rings is 1. The van der Waals surface area contributed by atoms with Crippen LogP contribution in [0.15, 0.2) is 23.1 Å². The number of rotatable bonds is 6. The summed E-state index contributed by atoms with van der Waals surface area (Å²) in [5.74, 6) is -1.08. The van der Waals surface area contributed by atoms with Crippen molar-refractivity contribution < 1.29 is 27.6 Å². The summed E-state index contributed by atoms with van der Waals surface area (Å²) >= 11 is 6.01. The number of carbonyl (C=O) groups is 2. The van der Waals surface area contributed by atoms with E-state index in [-0.39, 0.29) is 15.5 Å². The number of amides is 1. The number of hydrogen-bond acceptors (Lipinski definition) is 6. The van der Waals surface area contributed by atoms with Crippen LogP contribution in [0.1, 0.15) is 42.5 Å². The Morgan fingerprint density at radius 2 is 1.81 bits per heavy atom. The largest absolute Gasteiger partial charge is 0.467 e. The Bertz CT molecular complexity index is 821. The minimum atomic E-state index is -4.04. The van der Waals surface area contributed by atoms with E-state index in [1.807, 2.05) is 0 Å². The fourth-order valence-electron chi connectivity index (χ4n) is 3.10. The van der Waals surface area contributed by atoms with Crippen LogP contribution in [-0.4, -0.2) is 51.6 Å². The first-order valence-corrected chi connectivity index (χ1v) is 10.2. The quantitative estimate of drug-likeness (QED) is 0.560. The number of hydroxylamine groups is 1. The smallest absolute Gasteiger partial charge is 0.331 e. The molecule has 1 aliphatic rings. The number of nitrogens with zero attached hydrogens (tertiary/aromatic N) is 1. The molecule has 1 saturated carbocycles. The highest BCUT2D eigenvalue weighted by Crippen LogP contribution is 2.30. The molecule has 0 bridgehead atoms. The molecular weight excluding hydrogens is 396 g/mol. The number of sulfonamides is 1. The second-order valence-corrected chi connectivity index (χ2v) is 8.64. The number of carbonyl (C=O) groups excluding carboxylic acids is 2. The van der Waals surface area contributed by atoms with Gasteiger partial charge in [-0.25, -0.2) is 13.2 Å². The number of halogens is 1. The van der Waals surface area contributed by atoms with Crippen molar-refractivity contribution in [3.05, 3.63) is 28.8 Å². The van der Waals surface area contributed by atoms with Gasteiger partial charge in [0.25, 0.3) is 15.9 Å². The second kappa shape index (κ2) is 8.55. The van der Waals surface area contributed by atoms with Crippen LogP contribution in [-0.2, 0) is 24.4 Å². The normalized spacial score (nSPS) is 16.8. The minimum absolute atomic E-state index is 0.0456. The maximum Gasteiger partial charge on any atom is 0.331 e. The third kappa shape index (κ3) is 4.43. The number of esters is 1. The summed E-state index contributed by atoms with van der Waals surface area (Å²) in [5, 5.41) is 2.70. The Hall–Kier alpha value is -1.68. The summed E-state index contributed by atoms with van der Waals surface area (Å²) in [6.07, 6.45) is 3.48. The summed E-state index contributed by atoms with van der Waals surface area (Å²) in [6, 6.07) is 3.88. The maximum atomic E-state index is 12.8. The molecule has 10 heteroatoms. The van der Waals surface area contributed by atoms with Crippen LogP contribution in [0.2, 0.25) is 5.02 Å². The summed E-state index contributed by atoms with van der Waals surface area (Å²) < 4.78 is 30.5. The molecule has 1 amide bonds. The maximum absolute atomic E-state index is 12.8. The van der Waals surface area contributed by atoms with Gasteiger partial charge in [-0.3, -0.25) is 9.63 Å². The van der Waals surface area contributed by atoms with E-state index in [4.69, 9.17) is 21.2 Å². The van der Waals surface area contributed by atoms with Gasteiger partial charge >= 0.3 is 5.97 Å². The molecule has 1 aromatic carbocycles. The van der Waals surface area contributed by atoms with Crippen molar-refractivity contribution in [2.45, 2.75) is 42.5 Å². The third-order valence-electron chi connectivity index (χ3n) is 4.70. The van der Waals surface area contributed by atoms with E-state index in [9.17, 15) is 18.0 Å². The molecule has 1 aromatic rings. The lowest BCUT2D eigenvalue weighted by Crippen LogP contribution is -2.56. The van der Waals surface area contributed by atoms with Crippen molar-refractivity contribution in [3.63, 3.8) is 0 Å². The molecule has 0 atom stereocenters. The van der Waals surface area contributed by atoms with Crippen LogP contribution in [0, 0.1) is 0 Å². The van der Waals surface area contributed by atoms with Gasteiger partial charge in [-0.1, -0.05) is 35.3 Å². The van der Waals surface area contributed by atoms with E-state index in [1.54, 1.807) is 0 Å². The van der Waals surface area contributed by atoms with Gasteiger partial charge in [0.1, 0.15) is 10.4 Å². The second-order valence-electron chi connectivity index (χ2n) is 6.33. The zero-order valence-corrected chi connectivity index (χ0v) is 17.0. The molecule has 0 saturated heterocycles. The Morgan fingerprint density at radius 3 is 2.37 bits per heavy atom. The van der Waals surface area contributed by atoms with Crippen LogP contribution < -0.4 is 5.32 Å². The fraction of sp³-hybridized carbons (Fsp3) is 0.529. The van der Waals surface area contributed by atoms with E-state index in [2.05, 4.69) is 5.32 Å². The van der Waals surface area contributed by atoms with Crippen LogP contribution >= 0.6 is 11.6 Å². The number of hydrogen-bond donors (Lipinski definition) is 1. The number of methoxy groups -OCH3 is 1. The first kappa shape index (κ1) is 21.6. The molecule has 8 nitrogen and oxygen atoms in total. The van der Waals surface area contributed by atoms with E-state index in [0.29, 0.717) is 17.3 Å². The molecule has 0 spiro atoms. The van der Waals surface area contributed by atoms with Crippen LogP contribution in [0.25, 0.3) is 0 Å². The lowest BCUT2D eigenvalue weighted by molar-refractivity contribution is -0.149. The molecule has 2 rings (SSSR count). The highest BCUT2D eigenvalue weighted by Gasteiger charge is 2.42. The summed E-state index contributed by atoms with van der Waals surface area (Å²) in [7, 11) is -0.347. The molecule has 0 aliphatic heterocycles. The number of nitrogens with one attached hydrogen (secondary N) is 1. The van der Waals surface area contributed by atoms with Gasteiger partial charge in [0, 0.05) is 12.6 Å². The molecule has 0 radical (unpaired) electrons. The van der Waals surface area contributed by atoms with E-state index < -0.39 is 27.4 Å². The molecule has 1 N–H and O–H groups in total. The molecule has 1 fully saturated rings.